The molecule has 3 aliphatic carbocycles. The second-order valence-electron chi connectivity index (χ2n) is 8.68. The Labute approximate surface area is 171 Å². The van der Waals surface area contributed by atoms with E-state index in [-0.39, 0.29) is 34.7 Å². The van der Waals surface area contributed by atoms with Gasteiger partial charge in [-0.3, -0.25) is 4.79 Å². The summed E-state index contributed by atoms with van der Waals surface area (Å²) >= 11 is 0. The van der Waals surface area contributed by atoms with E-state index in [1.165, 1.54) is 12.3 Å². The summed E-state index contributed by atoms with van der Waals surface area (Å²) in [5.74, 6) is -0.739. The average Bonchev–Trinajstić information content (AvgIpc) is 3.14. The van der Waals surface area contributed by atoms with Crippen molar-refractivity contribution in [2.24, 2.45) is 23.7 Å². The summed E-state index contributed by atoms with van der Waals surface area (Å²) in [6.07, 6.45) is 7.25. The highest BCUT2D eigenvalue weighted by atomic mass is 19.1. The van der Waals surface area contributed by atoms with Gasteiger partial charge >= 0.3 is 0 Å². The Kier molecular flexibility index (Phi) is 4.64. The Hall–Kier alpha value is -2.70. The van der Waals surface area contributed by atoms with Crippen molar-refractivity contribution in [1.29, 1.82) is 0 Å². The summed E-state index contributed by atoms with van der Waals surface area (Å²) in [7, 11) is 0. The van der Waals surface area contributed by atoms with Gasteiger partial charge in [-0.2, -0.15) is 0 Å². The van der Waals surface area contributed by atoms with Gasteiger partial charge in [0.2, 0.25) is 0 Å². The summed E-state index contributed by atoms with van der Waals surface area (Å²) in [5, 5.41) is 0.309. The van der Waals surface area contributed by atoms with E-state index < -0.39 is 17.5 Å². The number of H-pyrrole nitrogens is 1. The fraction of sp³-hybridized carbons (Fsp3) is 0.435. The van der Waals surface area contributed by atoms with Crippen molar-refractivity contribution in [3.8, 4) is 11.4 Å². The van der Waals surface area contributed by atoms with Crippen LogP contribution in [0.3, 0.4) is 0 Å². The number of fused-ring (bicyclic) bond motifs is 4. The minimum atomic E-state index is -0.707. The van der Waals surface area contributed by atoms with Gasteiger partial charge in [0.05, 0.1) is 17.4 Å². The van der Waals surface area contributed by atoms with Gasteiger partial charge in [0.25, 0.3) is 0 Å². The molecule has 0 amide bonds. The van der Waals surface area contributed by atoms with Crippen LogP contribution in [0.4, 0.5) is 13.2 Å². The number of carbonyl (C=O) groups excluding carboxylic acids is 1. The molecule has 4 nitrogen and oxygen atoms in total. The fourth-order valence-electron chi connectivity index (χ4n) is 5.74. The first-order valence-electron chi connectivity index (χ1n) is 10.4. The van der Waals surface area contributed by atoms with Crippen LogP contribution < -0.4 is 0 Å². The molecule has 7 heteroatoms. The van der Waals surface area contributed by atoms with E-state index in [1.54, 1.807) is 6.92 Å². The van der Waals surface area contributed by atoms with Gasteiger partial charge in [-0.1, -0.05) is 0 Å². The van der Waals surface area contributed by atoms with Crippen LogP contribution in [-0.2, 0) is 11.2 Å². The summed E-state index contributed by atoms with van der Waals surface area (Å²) in [4.78, 5) is 23.6. The molecule has 0 spiro atoms. The first-order chi connectivity index (χ1) is 14.4. The van der Waals surface area contributed by atoms with Crippen LogP contribution in [0.15, 0.2) is 24.5 Å². The quantitative estimate of drug-likeness (QED) is 0.638. The van der Waals surface area contributed by atoms with Crippen molar-refractivity contribution >= 4 is 16.7 Å². The lowest BCUT2D eigenvalue weighted by molar-refractivity contribution is -0.130. The van der Waals surface area contributed by atoms with Crippen molar-refractivity contribution in [2.75, 3.05) is 0 Å². The van der Waals surface area contributed by atoms with Crippen molar-refractivity contribution in [3.63, 3.8) is 0 Å². The molecule has 2 atom stereocenters. The largest absolute Gasteiger partial charge is 0.358 e. The van der Waals surface area contributed by atoms with Crippen molar-refractivity contribution < 1.29 is 18.0 Å². The maximum Gasteiger partial charge on any atom is 0.163 e. The van der Waals surface area contributed by atoms with Crippen LogP contribution in [0.2, 0.25) is 0 Å². The number of halogens is 3. The molecule has 3 aromatic rings. The Morgan fingerprint density at radius 3 is 2.57 bits per heavy atom. The molecule has 2 bridgehead atoms. The van der Waals surface area contributed by atoms with E-state index in [0.717, 1.165) is 37.9 Å². The Bertz CT molecular complexity index is 1130. The minimum Gasteiger partial charge on any atom is -0.358 e. The van der Waals surface area contributed by atoms with E-state index in [4.69, 9.17) is 0 Å². The number of hydrogen-bond donors (Lipinski definition) is 1. The Morgan fingerprint density at radius 1 is 1.10 bits per heavy atom. The zero-order valence-corrected chi connectivity index (χ0v) is 16.6. The standard InChI is InChI=1S/C23H22F3N3O/c1-11(30)21-13-4-2-12(3-5-13)15(21)8-20-19(26)10-28-23(29-20)17-9-27-22-16(17)6-14(24)7-18(22)25/h6-7,9-10,12-13,15,21,27H,2-5,8H2,1H3/t12?,13?,15-,21-/m0/s1. The molecular formula is C23H22F3N3O. The van der Waals surface area contributed by atoms with Crippen molar-refractivity contribution in [3.05, 3.63) is 47.7 Å². The van der Waals surface area contributed by atoms with Gasteiger partial charge < -0.3 is 4.98 Å². The highest BCUT2D eigenvalue weighted by Crippen LogP contribution is 2.50. The van der Waals surface area contributed by atoms with Crippen molar-refractivity contribution in [2.45, 2.75) is 39.0 Å². The van der Waals surface area contributed by atoms with E-state index in [1.807, 2.05) is 0 Å². The van der Waals surface area contributed by atoms with Gasteiger partial charge in [0.15, 0.2) is 11.6 Å². The number of Topliss-reactive ketones (excluding diaryl/α,β-unsaturated/α-hetero) is 1. The van der Waals surface area contributed by atoms with E-state index >= 15 is 0 Å². The molecule has 0 saturated heterocycles. The number of aromatic nitrogens is 3. The molecule has 3 aliphatic rings. The number of benzene rings is 1. The summed E-state index contributed by atoms with van der Waals surface area (Å²) < 4.78 is 42.4. The van der Waals surface area contributed by atoms with Gasteiger partial charge in [0.1, 0.15) is 17.4 Å². The molecule has 0 aliphatic heterocycles. The topological polar surface area (TPSA) is 58.6 Å². The highest BCUT2D eigenvalue weighted by molar-refractivity contribution is 5.94. The van der Waals surface area contributed by atoms with Crippen molar-refractivity contribution in [1.82, 2.24) is 15.0 Å². The van der Waals surface area contributed by atoms with Gasteiger partial charge in [-0.25, -0.2) is 23.1 Å². The highest BCUT2D eigenvalue weighted by Gasteiger charge is 2.45. The molecule has 2 aromatic heterocycles. The normalized spacial score (nSPS) is 25.7. The predicted octanol–water partition coefficient (Wildman–Crippen LogP) is 5.23. The molecule has 3 saturated carbocycles. The number of nitrogens with one attached hydrogen (secondary N) is 1. The van der Waals surface area contributed by atoms with Crippen LogP contribution in [-0.4, -0.2) is 20.7 Å². The summed E-state index contributed by atoms with van der Waals surface area (Å²) in [6.45, 7) is 1.63. The first kappa shape index (κ1) is 19.3. The molecule has 2 heterocycles. The zero-order valence-electron chi connectivity index (χ0n) is 16.6. The first-order valence-corrected chi connectivity index (χ1v) is 10.4. The third-order valence-electron chi connectivity index (χ3n) is 7.05. The number of hydrogen-bond acceptors (Lipinski definition) is 3. The van der Waals surface area contributed by atoms with E-state index in [9.17, 15) is 18.0 Å². The van der Waals surface area contributed by atoms with Crippen LogP contribution in [0, 0.1) is 41.1 Å². The molecule has 0 radical (unpaired) electrons. The second-order valence-corrected chi connectivity index (χ2v) is 8.68. The SMILES string of the molecule is CC(=O)[C@H]1C2CCC(CC2)[C@@H]1Cc1nc(-c2c[nH]c3c(F)cc(F)cc23)ncc1F. The van der Waals surface area contributed by atoms with Gasteiger partial charge in [-0.05, 0) is 62.8 Å². The lowest BCUT2D eigenvalue weighted by Gasteiger charge is -2.47. The third kappa shape index (κ3) is 3.11. The molecule has 0 unspecified atom stereocenters. The van der Waals surface area contributed by atoms with Crippen LogP contribution >= 0.6 is 0 Å². The molecule has 1 aromatic carbocycles. The molecule has 1 N–H and O–H groups in total. The lowest BCUT2D eigenvalue weighted by atomic mass is 9.56. The molecular weight excluding hydrogens is 391 g/mol. The smallest absolute Gasteiger partial charge is 0.163 e. The van der Waals surface area contributed by atoms with Gasteiger partial charge in [-0.15, -0.1) is 0 Å². The lowest BCUT2D eigenvalue weighted by Crippen LogP contribution is -2.44. The predicted molar refractivity (Wildman–Crippen MR) is 106 cm³/mol. The van der Waals surface area contributed by atoms with E-state index in [2.05, 4.69) is 15.0 Å². The maximum absolute atomic E-state index is 14.6. The minimum absolute atomic E-state index is 0.0494. The monoisotopic (exact) mass is 413 g/mol. The Balaban J connectivity index is 1.53. The average molecular weight is 413 g/mol. The second kappa shape index (κ2) is 7.22. The molecule has 6 rings (SSSR count). The fourth-order valence-corrected chi connectivity index (χ4v) is 5.74. The van der Waals surface area contributed by atoms with E-state index in [0.29, 0.717) is 29.2 Å². The third-order valence-corrected chi connectivity index (χ3v) is 7.05. The summed E-state index contributed by atoms with van der Waals surface area (Å²) in [6, 6.07) is 2.02. The summed E-state index contributed by atoms with van der Waals surface area (Å²) in [5.41, 5.74) is 0.829. The van der Waals surface area contributed by atoms with Crippen LogP contribution in [0.5, 0.6) is 0 Å². The molecule has 156 valence electrons. The molecule has 30 heavy (non-hydrogen) atoms. The zero-order chi connectivity index (χ0) is 21.0. The number of ketones is 1. The van der Waals surface area contributed by atoms with Crippen LogP contribution in [0.25, 0.3) is 22.3 Å². The van der Waals surface area contributed by atoms with Gasteiger partial charge in [0, 0.05) is 29.1 Å². The number of rotatable bonds is 4. The van der Waals surface area contributed by atoms with Crippen LogP contribution in [0.1, 0.15) is 38.3 Å². The number of nitrogens with zero attached hydrogens (tertiary/aromatic N) is 2. The molecule has 3 fully saturated rings. The maximum atomic E-state index is 14.6. The Morgan fingerprint density at radius 2 is 1.83 bits per heavy atom. The number of aromatic amines is 1. The number of carbonyl (C=O) groups is 1.